The normalized spacial score (nSPS) is 18.8. The Morgan fingerprint density at radius 3 is 2.14 bits per heavy atom. The Bertz CT molecular complexity index is 504. The van der Waals surface area contributed by atoms with Crippen molar-refractivity contribution in [1.29, 1.82) is 0 Å². The molecule has 6 nitrogen and oxygen atoms in total. The summed E-state index contributed by atoms with van der Waals surface area (Å²) in [6, 6.07) is 9.55. The largest absolute Gasteiger partial charge is 0.375 e. The molecule has 1 aromatic carbocycles. The minimum absolute atomic E-state index is 0.388. The van der Waals surface area contributed by atoms with Crippen LogP contribution in [-0.2, 0) is 23.3 Å². The van der Waals surface area contributed by atoms with Crippen LogP contribution in [0.3, 0.4) is 0 Å². The number of ether oxygens (including phenoxy) is 3. The zero-order valence-corrected chi connectivity index (χ0v) is 14.1. The molecule has 0 aliphatic heterocycles. The van der Waals surface area contributed by atoms with Gasteiger partial charge in [0.05, 0.1) is 0 Å². The third-order valence-electron chi connectivity index (χ3n) is 3.27. The molecular formula is C15H23O6P. The second-order valence-corrected chi connectivity index (χ2v) is 6.35. The van der Waals surface area contributed by atoms with Crippen molar-refractivity contribution in [3.8, 4) is 0 Å². The summed E-state index contributed by atoms with van der Waals surface area (Å²) < 4.78 is 32.4. The SMILES string of the molecule is CO[C@H]([C@@H](/C=C/P(=O)(O)OC)OC)[C@@H](OC)c1ccccc1. The second kappa shape index (κ2) is 9.20. The molecule has 0 aromatic heterocycles. The van der Waals surface area contributed by atoms with Crippen LogP contribution in [0.2, 0.25) is 0 Å². The van der Waals surface area contributed by atoms with Gasteiger partial charge in [0, 0.05) is 34.3 Å². The van der Waals surface area contributed by atoms with E-state index in [2.05, 4.69) is 4.52 Å². The average molecular weight is 330 g/mol. The Labute approximate surface area is 131 Å². The summed E-state index contributed by atoms with van der Waals surface area (Å²) in [4.78, 5) is 9.45. The predicted octanol–water partition coefficient (Wildman–Crippen LogP) is 2.75. The first kappa shape index (κ1) is 19.0. The molecule has 1 unspecified atom stereocenters. The topological polar surface area (TPSA) is 74.2 Å². The summed E-state index contributed by atoms with van der Waals surface area (Å²) in [6.45, 7) is 0. The van der Waals surface area contributed by atoms with Gasteiger partial charge in [-0.2, -0.15) is 0 Å². The molecule has 0 amide bonds. The van der Waals surface area contributed by atoms with E-state index in [1.807, 2.05) is 30.3 Å². The van der Waals surface area contributed by atoms with Crippen molar-refractivity contribution in [1.82, 2.24) is 0 Å². The van der Waals surface area contributed by atoms with Crippen LogP contribution < -0.4 is 0 Å². The smallest absolute Gasteiger partial charge is 0.351 e. The van der Waals surface area contributed by atoms with Crippen molar-refractivity contribution in [2.24, 2.45) is 0 Å². The fraction of sp³-hybridized carbons (Fsp3) is 0.467. The van der Waals surface area contributed by atoms with E-state index in [4.69, 9.17) is 14.2 Å². The Morgan fingerprint density at radius 1 is 1.05 bits per heavy atom. The zero-order valence-electron chi connectivity index (χ0n) is 13.2. The molecule has 124 valence electrons. The highest BCUT2D eigenvalue weighted by Gasteiger charge is 2.30. The van der Waals surface area contributed by atoms with Crippen molar-refractivity contribution in [2.45, 2.75) is 18.3 Å². The molecule has 22 heavy (non-hydrogen) atoms. The van der Waals surface area contributed by atoms with E-state index in [0.29, 0.717) is 0 Å². The lowest BCUT2D eigenvalue weighted by atomic mass is 10.00. The van der Waals surface area contributed by atoms with Crippen molar-refractivity contribution in [3.05, 3.63) is 47.8 Å². The van der Waals surface area contributed by atoms with E-state index in [1.165, 1.54) is 27.4 Å². The molecule has 1 N–H and O–H groups in total. The highest BCUT2D eigenvalue weighted by atomic mass is 31.2. The summed E-state index contributed by atoms with van der Waals surface area (Å²) in [6.07, 6.45) is -0.00866. The van der Waals surface area contributed by atoms with Crippen LogP contribution in [0.5, 0.6) is 0 Å². The molecular weight excluding hydrogens is 307 g/mol. The zero-order chi connectivity index (χ0) is 16.6. The van der Waals surface area contributed by atoms with Crippen LogP contribution >= 0.6 is 7.60 Å². The maximum Gasteiger partial charge on any atom is 0.351 e. The van der Waals surface area contributed by atoms with E-state index in [-0.39, 0.29) is 6.10 Å². The van der Waals surface area contributed by atoms with Gasteiger partial charge in [0.25, 0.3) is 0 Å². The van der Waals surface area contributed by atoms with Gasteiger partial charge in [-0.1, -0.05) is 30.3 Å². The number of hydrogen-bond acceptors (Lipinski definition) is 5. The van der Waals surface area contributed by atoms with Crippen molar-refractivity contribution in [2.75, 3.05) is 28.4 Å². The van der Waals surface area contributed by atoms with Gasteiger partial charge in [0.15, 0.2) is 0 Å². The standard InChI is InChI=1S/C15H23O6P/c1-18-13(10-11-22(16,17)21-4)15(20-3)14(19-2)12-8-6-5-7-9-12/h5-11,13-15H,1-4H3,(H,16,17)/b11-10+/t13-,14+,15-/m1/s1. The van der Waals surface area contributed by atoms with Crippen LogP contribution in [0, 0.1) is 0 Å². The van der Waals surface area contributed by atoms with Gasteiger partial charge in [-0.05, 0) is 11.6 Å². The number of rotatable bonds is 9. The van der Waals surface area contributed by atoms with Crippen molar-refractivity contribution in [3.63, 3.8) is 0 Å². The minimum Gasteiger partial charge on any atom is -0.375 e. The summed E-state index contributed by atoms with van der Waals surface area (Å²) in [7, 11) is 2.02. The Hall–Kier alpha value is -1.01. The molecule has 0 fully saturated rings. The van der Waals surface area contributed by atoms with Crippen LogP contribution in [0.4, 0.5) is 0 Å². The maximum absolute atomic E-state index is 11.5. The first-order chi connectivity index (χ1) is 10.5. The quantitative estimate of drug-likeness (QED) is 0.702. The van der Waals surface area contributed by atoms with Crippen LogP contribution in [0.25, 0.3) is 0 Å². The first-order valence-corrected chi connectivity index (χ1v) is 8.34. The molecule has 0 saturated carbocycles. The Kier molecular flexibility index (Phi) is 7.96. The summed E-state index contributed by atoms with van der Waals surface area (Å²) >= 11 is 0. The summed E-state index contributed by atoms with van der Waals surface area (Å²) in [5.41, 5.74) is 0.922. The number of benzene rings is 1. The third-order valence-corrected chi connectivity index (χ3v) is 4.35. The number of methoxy groups -OCH3 is 3. The minimum atomic E-state index is -3.76. The van der Waals surface area contributed by atoms with Crippen molar-refractivity contribution < 1.29 is 28.2 Å². The molecule has 0 saturated heterocycles. The van der Waals surface area contributed by atoms with Gasteiger partial charge in [-0.3, -0.25) is 4.57 Å². The Balaban J connectivity index is 3.02. The first-order valence-electron chi connectivity index (χ1n) is 6.70. The van der Waals surface area contributed by atoms with E-state index >= 15 is 0 Å². The van der Waals surface area contributed by atoms with E-state index in [0.717, 1.165) is 11.4 Å². The van der Waals surface area contributed by atoms with Crippen molar-refractivity contribution >= 4 is 7.60 Å². The summed E-state index contributed by atoms with van der Waals surface area (Å²) in [5, 5.41) is 0. The highest BCUT2D eigenvalue weighted by Crippen LogP contribution is 2.42. The summed E-state index contributed by atoms with van der Waals surface area (Å²) in [5.74, 6) is 1.09. The molecule has 1 rings (SSSR count). The molecule has 0 bridgehead atoms. The van der Waals surface area contributed by atoms with Gasteiger partial charge in [-0.25, -0.2) is 0 Å². The Morgan fingerprint density at radius 2 is 1.68 bits per heavy atom. The van der Waals surface area contributed by atoms with Gasteiger partial charge in [0.1, 0.15) is 18.3 Å². The predicted molar refractivity (Wildman–Crippen MR) is 83.8 cm³/mol. The molecule has 7 heteroatoms. The second-order valence-electron chi connectivity index (χ2n) is 4.56. The van der Waals surface area contributed by atoms with Gasteiger partial charge in [-0.15, -0.1) is 0 Å². The van der Waals surface area contributed by atoms with E-state index < -0.39 is 19.8 Å². The fourth-order valence-corrected chi connectivity index (χ4v) is 2.62. The lowest BCUT2D eigenvalue weighted by molar-refractivity contribution is -0.0935. The molecule has 0 aliphatic carbocycles. The third kappa shape index (κ3) is 5.32. The monoisotopic (exact) mass is 330 g/mol. The van der Waals surface area contributed by atoms with Gasteiger partial charge in [0.2, 0.25) is 0 Å². The average Bonchev–Trinajstić information content (AvgIpc) is 2.55. The van der Waals surface area contributed by atoms with Crippen LogP contribution in [0.15, 0.2) is 42.2 Å². The maximum atomic E-state index is 11.5. The van der Waals surface area contributed by atoms with E-state index in [1.54, 1.807) is 7.11 Å². The van der Waals surface area contributed by atoms with Crippen LogP contribution in [0.1, 0.15) is 11.7 Å². The van der Waals surface area contributed by atoms with Gasteiger partial charge >= 0.3 is 7.60 Å². The van der Waals surface area contributed by atoms with E-state index in [9.17, 15) is 9.46 Å². The lowest BCUT2D eigenvalue weighted by Crippen LogP contribution is -2.35. The molecule has 1 aromatic rings. The van der Waals surface area contributed by atoms with Crippen LogP contribution in [-0.4, -0.2) is 45.5 Å². The highest BCUT2D eigenvalue weighted by molar-refractivity contribution is 7.56. The molecule has 0 aliphatic rings. The number of hydrogen-bond donors (Lipinski definition) is 1. The molecule has 0 heterocycles. The van der Waals surface area contributed by atoms with Gasteiger partial charge < -0.3 is 23.6 Å². The fourth-order valence-electron chi connectivity index (χ4n) is 2.11. The lowest BCUT2D eigenvalue weighted by Gasteiger charge is -2.29. The molecule has 4 atom stereocenters. The molecule has 0 radical (unpaired) electrons. The molecule has 0 spiro atoms.